The van der Waals surface area contributed by atoms with Crippen LogP contribution < -0.4 is 0 Å². The quantitative estimate of drug-likeness (QED) is 0.886. The van der Waals surface area contributed by atoms with Crippen molar-refractivity contribution >= 4 is 5.97 Å². The Morgan fingerprint density at radius 1 is 1.42 bits per heavy atom. The number of carbonyl (C=O) groups is 1. The lowest BCUT2D eigenvalue weighted by molar-refractivity contribution is 0.0695. The van der Waals surface area contributed by atoms with Crippen LogP contribution in [0, 0.1) is 6.92 Å². The van der Waals surface area contributed by atoms with E-state index >= 15 is 0 Å². The standard InChI is InChI=1S/C15H23NO3/c1-3-16(12-7-5-4-6-8-12)10-13-9-14(15(17)18)11(2)19-13/h9,12H,3-8,10H2,1-2H3,(H,17,18). The zero-order valence-corrected chi connectivity index (χ0v) is 11.8. The largest absolute Gasteiger partial charge is 0.478 e. The van der Waals surface area contributed by atoms with Gasteiger partial charge in [0.15, 0.2) is 0 Å². The highest BCUT2D eigenvalue weighted by Crippen LogP contribution is 2.25. The number of hydrogen-bond acceptors (Lipinski definition) is 3. The summed E-state index contributed by atoms with van der Waals surface area (Å²) in [5.41, 5.74) is 0.287. The van der Waals surface area contributed by atoms with E-state index < -0.39 is 5.97 Å². The summed E-state index contributed by atoms with van der Waals surface area (Å²) in [5, 5.41) is 9.05. The SMILES string of the molecule is CCN(Cc1cc(C(=O)O)c(C)o1)C1CCCCC1. The molecule has 106 valence electrons. The van der Waals surface area contributed by atoms with Crippen molar-refractivity contribution in [1.29, 1.82) is 0 Å². The number of carboxylic acid groups (broad SMARTS) is 1. The van der Waals surface area contributed by atoms with Crippen LogP contribution in [0.4, 0.5) is 0 Å². The van der Waals surface area contributed by atoms with E-state index in [0.29, 0.717) is 11.8 Å². The number of aryl methyl sites for hydroxylation is 1. The van der Waals surface area contributed by atoms with Crippen molar-refractivity contribution in [3.05, 3.63) is 23.2 Å². The highest BCUT2D eigenvalue weighted by Gasteiger charge is 2.22. The molecule has 0 bridgehead atoms. The average molecular weight is 265 g/mol. The molecule has 0 radical (unpaired) electrons. The first kappa shape index (κ1) is 14.1. The molecular weight excluding hydrogens is 242 g/mol. The molecule has 0 aromatic carbocycles. The molecule has 2 rings (SSSR count). The van der Waals surface area contributed by atoms with Crippen molar-refractivity contribution in [2.45, 2.75) is 58.5 Å². The van der Waals surface area contributed by atoms with Crippen molar-refractivity contribution in [2.24, 2.45) is 0 Å². The second-order valence-corrected chi connectivity index (χ2v) is 5.34. The summed E-state index contributed by atoms with van der Waals surface area (Å²) < 4.78 is 5.58. The van der Waals surface area contributed by atoms with Crippen LogP contribution in [0.2, 0.25) is 0 Å². The molecule has 0 unspecified atom stereocenters. The fourth-order valence-electron chi connectivity index (χ4n) is 2.98. The number of hydrogen-bond donors (Lipinski definition) is 1. The van der Waals surface area contributed by atoms with Gasteiger partial charge in [0.25, 0.3) is 0 Å². The highest BCUT2D eigenvalue weighted by atomic mass is 16.4. The summed E-state index contributed by atoms with van der Waals surface area (Å²) in [7, 11) is 0. The summed E-state index contributed by atoms with van der Waals surface area (Å²) in [6.07, 6.45) is 6.45. The van der Waals surface area contributed by atoms with Crippen LogP contribution in [-0.2, 0) is 6.54 Å². The van der Waals surface area contributed by atoms with Gasteiger partial charge in [-0.25, -0.2) is 4.79 Å². The van der Waals surface area contributed by atoms with Crippen LogP contribution >= 0.6 is 0 Å². The summed E-state index contributed by atoms with van der Waals surface area (Å²) in [4.78, 5) is 13.4. The number of nitrogens with zero attached hydrogens (tertiary/aromatic N) is 1. The van der Waals surface area contributed by atoms with Gasteiger partial charge in [0.05, 0.1) is 6.54 Å². The third-order valence-corrected chi connectivity index (χ3v) is 4.06. The van der Waals surface area contributed by atoms with Gasteiger partial charge >= 0.3 is 5.97 Å². The number of carboxylic acids is 1. The molecule has 1 saturated carbocycles. The van der Waals surface area contributed by atoms with Crippen LogP contribution in [0.5, 0.6) is 0 Å². The van der Waals surface area contributed by atoms with Crippen molar-refractivity contribution in [3.8, 4) is 0 Å². The van der Waals surface area contributed by atoms with E-state index in [1.807, 2.05) is 0 Å². The number of rotatable bonds is 5. The van der Waals surface area contributed by atoms with Crippen LogP contribution in [0.1, 0.15) is 60.9 Å². The molecule has 1 aromatic heterocycles. The van der Waals surface area contributed by atoms with Gasteiger partial charge in [-0.15, -0.1) is 0 Å². The minimum atomic E-state index is -0.909. The van der Waals surface area contributed by atoms with Gasteiger partial charge < -0.3 is 9.52 Å². The molecule has 4 heteroatoms. The Labute approximate surface area is 114 Å². The third-order valence-electron chi connectivity index (χ3n) is 4.06. The summed E-state index contributed by atoms with van der Waals surface area (Å²) in [6.45, 7) is 5.56. The first-order valence-electron chi connectivity index (χ1n) is 7.18. The predicted molar refractivity (Wildman–Crippen MR) is 73.4 cm³/mol. The molecule has 0 amide bonds. The van der Waals surface area contributed by atoms with Crippen molar-refractivity contribution in [1.82, 2.24) is 4.90 Å². The second-order valence-electron chi connectivity index (χ2n) is 5.34. The smallest absolute Gasteiger partial charge is 0.339 e. The molecule has 4 nitrogen and oxygen atoms in total. The van der Waals surface area contributed by atoms with Crippen molar-refractivity contribution < 1.29 is 14.3 Å². The lowest BCUT2D eigenvalue weighted by Gasteiger charge is -2.32. The molecule has 1 aliphatic rings. The monoisotopic (exact) mass is 265 g/mol. The Bertz CT molecular complexity index is 433. The molecule has 1 fully saturated rings. The number of aromatic carboxylic acids is 1. The Balaban J connectivity index is 2.05. The van der Waals surface area contributed by atoms with E-state index in [9.17, 15) is 4.79 Å². The van der Waals surface area contributed by atoms with Gasteiger partial charge in [0, 0.05) is 6.04 Å². The van der Waals surface area contributed by atoms with Gasteiger partial charge in [0.1, 0.15) is 17.1 Å². The van der Waals surface area contributed by atoms with Gasteiger partial charge in [-0.05, 0) is 32.4 Å². The fraction of sp³-hybridized carbons (Fsp3) is 0.667. The van der Waals surface area contributed by atoms with Crippen LogP contribution in [-0.4, -0.2) is 28.6 Å². The van der Waals surface area contributed by atoms with Crippen LogP contribution in [0.25, 0.3) is 0 Å². The van der Waals surface area contributed by atoms with Gasteiger partial charge in [-0.1, -0.05) is 26.2 Å². The summed E-state index contributed by atoms with van der Waals surface area (Å²) in [5.74, 6) is 0.359. The normalized spacial score (nSPS) is 17.0. The Hall–Kier alpha value is -1.29. The Morgan fingerprint density at radius 3 is 2.63 bits per heavy atom. The molecular formula is C15H23NO3. The van der Waals surface area contributed by atoms with E-state index in [4.69, 9.17) is 9.52 Å². The van der Waals surface area contributed by atoms with Crippen LogP contribution in [0.3, 0.4) is 0 Å². The van der Waals surface area contributed by atoms with Gasteiger partial charge in [-0.3, -0.25) is 4.90 Å². The van der Waals surface area contributed by atoms with E-state index in [0.717, 1.165) is 18.8 Å². The highest BCUT2D eigenvalue weighted by molar-refractivity contribution is 5.88. The fourth-order valence-corrected chi connectivity index (χ4v) is 2.98. The molecule has 0 saturated heterocycles. The number of furan rings is 1. The zero-order chi connectivity index (χ0) is 13.8. The first-order chi connectivity index (χ1) is 9.11. The Morgan fingerprint density at radius 2 is 2.11 bits per heavy atom. The molecule has 1 aromatic rings. The second kappa shape index (κ2) is 6.24. The van der Waals surface area contributed by atoms with Crippen molar-refractivity contribution in [2.75, 3.05) is 6.54 Å². The molecule has 0 spiro atoms. The zero-order valence-electron chi connectivity index (χ0n) is 11.8. The molecule has 0 aliphatic heterocycles. The summed E-state index contributed by atoms with van der Waals surface area (Å²) in [6, 6.07) is 2.29. The van der Waals surface area contributed by atoms with Crippen LogP contribution in [0.15, 0.2) is 10.5 Å². The van der Waals surface area contributed by atoms with Gasteiger partial charge in [0.2, 0.25) is 0 Å². The summed E-state index contributed by atoms with van der Waals surface area (Å²) >= 11 is 0. The van der Waals surface area contributed by atoms with E-state index in [2.05, 4.69) is 11.8 Å². The minimum Gasteiger partial charge on any atom is -0.478 e. The average Bonchev–Trinajstić information content (AvgIpc) is 2.78. The Kier molecular flexibility index (Phi) is 4.64. The molecule has 1 heterocycles. The maximum Gasteiger partial charge on any atom is 0.339 e. The molecule has 1 N–H and O–H groups in total. The van der Waals surface area contributed by atoms with Gasteiger partial charge in [-0.2, -0.15) is 0 Å². The van der Waals surface area contributed by atoms with E-state index in [1.54, 1.807) is 13.0 Å². The van der Waals surface area contributed by atoms with E-state index in [-0.39, 0.29) is 5.56 Å². The van der Waals surface area contributed by atoms with E-state index in [1.165, 1.54) is 32.1 Å². The third kappa shape index (κ3) is 3.38. The molecule has 0 atom stereocenters. The lowest BCUT2D eigenvalue weighted by Crippen LogP contribution is -2.35. The first-order valence-corrected chi connectivity index (χ1v) is 7.18. The maximum atomic E-state index is 11.0. The molecule has 19 heavy (non-hydrogen) atoms. The predicted octanol–water partition coefficient (Wildman–Crippen LogP) is 3.44. The van der Waals surface area contributed by atoms with Crippen molar-refractivity contribution in [3.63, 3.8) is 0 Å². The molecule has 1 aliphatic carbocycles. The topological polar surface area (TPSA) is 53.7 Å². The lowest BCUT2D eigenvalue weighted by atomic mass is 9.94. The minimum absolute atomic E-state index is 0.287. The maximum absolute atomic E-state index is 11.0.